The molecule has 1 aromatic heterocycles. The van der Waals surface area contributed by atoms with Gasteiger partial charge in [0.15, 0.2) is 6.61 Å². The molecule has 0 saturated heterocycles. The summed E-state index contributed by atoms with van der Waals surface area (Å²) < 4.78 is 43.0. The molecule has 1 aliphatic carbocycles. The Morgan fingerprint density at radius 3 is 2.71 bits per heavy atom. The molecule has 2 aromatic rings. The average molecular weight is 408 g/mol. The van der Waals surface area contributed by atoms with Crippen molar-refractivity contribution in [2.24, 2.45) is 0 Å². The number of nitrogens with one attached hydrogen (secondary N) is 1. The lowest BCUT2D eigenvalue weighted by molar-refractivity contribution is -0.137. The van der Waals surface area contributed by atoms with Crippen LogP contribution in [-0.4, -0.2) is 18.5 Å². The summed E-state index contributed by atoms with van der Waals surface area (Å²) in [7, 11) is 0. The molecular weight excluding hydrogens is 393 g/mol. The number of hydrogen-bond donors (Lipinski definition) is 1. The van der Waals surface area contributed by atoms with Gasteiger partial charge in [0.1, 0.15) is 11.1 Å². The number of fused-ring (bicyclic) bond motifs is 1. The summed E-state index contributed by atoms with van der Waals surface area (Å²) in [4.78, 5) is 25.1. The number of rotatable bonds is 4. The van der Waals surface area contributed by atoms with Crippen molar-refractivity contribution < 1.29 is 27.5 Å². The molecule has 146 valence electrons. The second-order valence-electron chi connectivity index (χ2n) is 6.23. The maximum atomic E-state index is 12.7. The van der Waals surface area contributed by atoms with E-state index in [2.05, 4.69) is 11.4 Å². The van der Waals surface area contributed by atoms with Crippen molar-refractivity contribution in [3.8, 4) is 6.07 Å². The number of esters is 1. The Hall–Kier alpha value is -2.86. The van der Waals surface area contributed by atoms with E-state index in [4.69, 9.17) is 4.74 Å². The van der Waals surface area contributed by atoms with Gasteiger partial charge in [0, 0.05) is 4.88 Å². The first kappa shape index (κ1) is 19.9. The molecule has 0 bridgehead atoms. The normalized spacial score (nSPS) is 13.4. The van der Waals surface area contributed by atoms with E-state index in [9.17, 15) is 28.0 Å². The van der Waals surface area contributed by atoms with Crippen LogP contribution >= 0.6 is 11.3 Å². The van der Waals surface area contributed by atoms with Crippen LogP contribution in [0.5, 0.6) is 0 Å². The summed E-state index contributed by atoms with van der Waals surface area (Å²) in [6, 6.07) is 5.88. The van der Waals surface area contributed by atoms with Gasteiger partial charge in [0.2, 0.25) is 0 Å². The number of benzene rings is 1. The standard InChI is InChI=1S/C19H15F3N2O3S/c20-19(21,22)12-5-3-4-11(8-12)18(26)27-10-16(25)24-17-14(9-23)13-6-1-2-7-15(13)28-17/h3-5,8H,1-2,6-7,10H2,(H,24,25). The zero-order valence-corrected chi connectivity index (χ0v) is 15.4. The van der Waals surface area contributed by atoms with Crippen LogP contribution in [0, 0.1) is 11.3 Å². The van der Waals surface area contributed by atoms with E-state index in [1.807, 2.05) is 0 Å². The molecule has 1 heterocycles. The first-order valence-electron chi connectivity index (χ1n) is 8.48. The minimum absolute atomic E-state index is 0.299. The third kappa shape index (κ3) is 4.34. The number of aryl methyl sites for hydroxylation is 1. The van der Waals surface area contributed by atoms with Gasteiger partial charge in [-0.3, -0.25) is 4.79 Å². The van der Waals surface area contributed by atoms with Crippen LogP contribution < -0.4 is 5.32 Å². The van der Waals surface area contributed by atoms with Crippen LogP contribution in [0.15, 0.2) is 24.3 Å². The molecule has 1 amide bonds. The van der Waals surface area contributed by atoms with E-state index >= 15 is 0 Å². The van der Waals surface area contributed by atoms with Crippen molar-refractivity contribution in [2.75, 3.05) is 11.9 Å². The van der Waals surface area contributed by atoms with E-state index in [-0.39, 0.29) is 5.56 Å². The number of halogens is 3. The molecule has 0 aliphatic heterocycles. The zero-order chi connectivity index (χ0) is 20.3. The van der Waals surface area contributed by atoms with Crippen molar-refractivity contribution in [3.05, 3.63) is 51.4 Å². The number of nitriles is 1. The van der Waals surface area contributed by atoms with Crippen molar-refractivity contribution in [1.29, 1.82) is 5.26 Å². The monoisotopic (exact) mass is 408 g/mol. The van der Waals surface area contributed by atoms with Gasteiger partial charge in [0.25, 0.3) is 5.91 Å². The summed E-state index contributed by atoms with van der Waals surface area (Å²) in [5.74, 6) is -1.69. The Labute approximate surface area is 162 Å². The summed E-state index contributed by atoms with van der Waals surface area (Å²) in [5.41, 5.74) is 0.105. The molecule has 0 radical (unpaired) electrons. The second-order valence-corrected chi connectivity index (χ2v) is 7.33. The van der Waals surface area contributed by atoms with E-state index in [1.54, 1.807) is 0 Å². The highest BCUT2D eigenvalue weighted by Gasteiger charge is 2.31. The third-order valence-corrected chi connectivity index (χ3v) is 5.50. The van der Waals surface area contributed by atoms with Crippen LogP contribution in [0.25, 0.3) is 0 Å². The molecule has 0 fully saturated rings. The van der Waals surface area contributed by atoms with E-state index in [0.29, 0.717) is 16.6 Å². The van der Waals surface area contributed by atoms with Crippen molar-refractivity contribution in [3.63, 3.8) is 0 Å². The van der Waals surface area contributed by atoms with Crippen molar-refractivity contribution in [2.45, 2.75) is 31.9 Å². The van der Waals surface area contributed by atoms with E-state index < -0.39 is 30.2 Å². The minimum atomic E-state index is -4.58. The Bertz CT molecular complexity index is 960. The number of hydrogen-bond acceptors (Lipinski definition) is 5. The van der Waals surface area contributed by atoms with Crippen LogP contribution in [-0.2, 0) is 28.5 Å². The number of carbonyl (C=O) groups is 2. The number of thiophene rings is 1. The van der Waals surface area contributed by atoms with Gasteiger partial charge in [-0.05, 0) is 49.4 Å². The van der Waals surface area contributed by atoms with Gasteiger partial charge in [-0.15, -0.1) is 11.3 Å². The molecule has 5 nitrogen and oxygen atoms in total. The Morgan fingerprint density at radius 2 is 2.00 bits per heavy atom. The SMILES string of the molecule is N#Cc1c(NC(=O)COC(=O)c2cccc(C(F)(F)F)c2)sc2c1CCCC2. The predicted octanol–water partition coefficient (Wildman–Crippen LogP) is 4.31. The number of anilines is 1. The maximum Gasteiger partial charge on any atom is 0.416 e. The molecule has 0 atom stereocenters. The molecule has 0 saturated carbocycles. The molecule has 1 aliphatic rings. The lowest BCUT2D eigenvalue weighted by Gasteiger charge is -2.09. The first-order valence-corrected chi connectivity index (χ1v) is 9.30. The predicted molar refractivity (Wildman–Crippen MR) is 96.0 cm³/mol. The van der Waals surface area contributed by atoms with Crippen LogP contribution in [0.3, 0.4) is 0 Å². The highest BCUT2D eigenvalue weighted by molar-refractivity contribution is 7.16. The topological polar surface area (TPSA) is 79.2 Å². The fourth-order valence-electron chi connectivity index (χ4n) is 2.97. The fraction of sp³-hybridized carbons (Fsp3) is 0.316. The summed E-state index contributed by atoms with van der Waals surface area (Å²) in [6.07, 6.45) is -0.926. The van der Waals surface area contributed by atoms with E-state index in [0.717, 1.165) is 48.3 Å². The highest BCUT2D eigenvalue weighted by Crippen LogP contribution is 2.37. The zero-order valence-electron chi connectivity index (χ0n) is 14.6. The quantitative estimate of drug-likeness (QED) is 0.765. The molecule has 3 rings (SSSR count). The number of ether oxygens (including phenoxy) is 1. The highest BCUT2D eigenvalue weighted by atomic mass is 32.1. The smallest absolute Gasteiger partial charge is 0.416 e. The van der Waals surface area contributed by atoms with Crippen LogP contribution in [0.1, 0.15) is 44.8 Å². The number of carbonyl (C=O) groups excluding carboxylic acids is 2. The average Bonchev–Trinajstić information content (AvgIpc) is 3.02. The van der Waals surface area contributed by atoms with Gasteiger partial charge in [0.05, 0.1) is 16.7 Å². The summed E-state index contributed by atoms with van der Waals surface area (Å²) in [5, 5.41) is 12.3. The maximum absolute atomic E-state index is 12.7. The van der Waals surface area contributed by atoms with Gasteiger partial charge < -0.3 is 10.1 Å². The lowest BCUT2D eigenvalue weighted by Crippen LogP contribution is -2.21. The Kier molecular flexibility index (Phi) is 5.70. The lowest BCUT2D eigenvalue weighted by atomic mass is 9.96. The molecule has 1 aromatic carbocycles. The minimum Gasteiger partial charge on any atom is -0.452 e. The first-order chi connectivity index (χ1) is 13.3. The summed E-state index contributed by atoms with van der Waals surface area (Å²) in [6.45, 7) is -0.664. The third-order valence-electron chi connectivity index (χ3n) is 4.30. The molecule has 1 N–H and O–H groups in total. The summed E-state index contributed by atoms with van der Waals surface area (Å²) >= 11 is 1.33. The number of alkyl halides is 3. The van der Waals surface area contributed by atoms with Gasteiger partial charge in [-0.1, -0.05) is 6.07 Å². The number of nitrogens with zero attached hydrogens (tertiary/aromatic N) is 1. The Morgan fingerprint density at radius 1 is 1.25 bits per heavy atom. The number of amides is 1. The second kappa shape index (κ2) is 8.02. The molecule has 9 heteroatoms. The molecular formula is C19H15F3N2O3S. The molecule has 28 heavy (non-hydrogen) atoms. The van der Waals surface area contributed by atoms with Gasteiger partial charge in [-0.2, -0.15) is 18.4 Å². The van der Waals surface area contributed by atoms with Gasteiger partial charge >= 0.3 is 12.1 Å². The molecule has 0 unspecified atom stereocenters. The Balaban J connectivity index is 1.63. The van der Waals surface area contributed by atoms with Crippen molar-refractivity contribution >= 4 is 28.2 Å². The molecule has 0 spiro atoms. The van der Waals surface area contributed by atoms with Crippen LogP contribution in [0.4, 0.5) is 18.2 Å². The van der Waals surface area contributed by atoms with Crippen molar-refractivity contribution in [1.82, 2.24) is 0 Å². The fourth-order valence-corrected chi connectivity index (χ4v) is 4.23. The largest absolute Gasteiger partial charge is 0.452 e. The van der Waals surface area contributed by atoms with E-state index in [1.165, 1.54) is 17.4 Å². The van der Waals surface area contributed by atoms with Gasteiger partial charge in [-0.25, -0.2) is 4.79 Å². The van der Waals surface area contributed by atoms with Crippen LogP contribution in [0.2, 0.25) is 0 Å².